The van der Waals surface area contributed by atoms with E-state index in [1.54, 1.807) is 24.4 Å². The number of hydrogen-bond donors (Lipinski definition) is 1. The van der Waals surface area contributed by atoms with Crippen LogP contribution in [0.1, 0.15) is 16.7 Å². The van der Waals surface area contributed by atoms with Gasteiger partial charge in [-0.3, -0.25) is 4.79 Å². The van der Waals surface area contributed by atoms with E-state index in [4.69, 9.17) is 27.9 Å². The summed E-state index contributed by atoms with van der Waals surface area (Å²) in [5, 5.41) is 12.3. The van der Waals surface area contributed by atoms with Crippen LogP contribution >= 0.6 is 35.0 Å². The second-order valence-electron chi connectivity index (χ2n) is 7.00. The van der Waals surface area contributed by atoms with Gasteiger partial charge >= 0.3 is 0 Å². The number of benzene rings is 3. The predicted molar refractivity (Wildman–Crippen MR) is 132 cm³/mol. The van der Waals surface area contributed by atoms with Crippen molar-refractivity contribution in [2.45, 2.75) is 18.3 Å². The van der Waals surface area contributed by atoms with Gasteiger partial charge in [-0.1, -0.05) is 77.4 Å². The fourth-order valence-electron chi connectivity index (χ4n) is 3.08. The van der Waals surface area contributed by atoms with Crippen molar-refractivity contribution < 1.29 is 9.53 Å². The largest absolute Gasteiger partial charge is 0.488 e. The van der Waals surface area contributed by atoms with Crippen LogP contribution in [0.2, 0.25) is 10.0 Å². The second kappa shape index (κ2) is 10.7. The Kier molecular flexibility index (Phi) is 7.47. The Morgan fingerprint density at radius 3 is 2.66 bits per heavy atom. The van der Waals surface area contributed by atoms with Gasteiger partial charge in [-0.25, -0.2) is 0 Å². The van der Waals surface area contributed by atoms with Crippen LogP contribution < -0.4 is 10.1 Å². The summed E-state index contributed by atoms with van der Waals surface area (Å²) in [6, 6.07) is 22.8. The highest BCUT2D eigenvalue weighted by molar-refractivity contribution is 8.15. The first-order chi connectivity index (χ1) is 15.6. The fourth-order valence-corrected chi connectivity index (χ4v) is 4.43. The molecule has 4 rings (SSSR count). The van der Waals surface area contributed by atoms with E-state index in [0.717, 1.165) is 16.7 Å². The van der Waals surface area contributed by atoms with Gasteiger partial charge in [0.1, 0.15) is 12.4 Å². The highest BCUT2D eigenvalue weighted by Crippen LogP contribution is 2.28. The van der Waals surface area contributed by atoms with Crippen molar-refractivity contribution >= 4 is 52.3 Å². The van der Waals surface area contributed by atoms with Crippen molar-refractivity contribution in [1.82, 2.24) is 5.32 Å². The summed E-state index contributed by atoms with van der Waals surface area (Å²) in [5.74, 6) is 0.573. The SMILES string of the molecule is O=C1N/C(=N\N=C\c2ccccc2OCc2ccccc2)SC1Cc1cc(Cl)ccc1Cl. The van der Waals surface area contributed by atoms with Crippen LogP contribution in [0.25, 0.3) is 0 Å². The van der Waals surface area contributed by atoms with Crippen LogP contribution in [0.4, 0.5) is 0 Å². The maximum absolute atomic E-state index is 12.3. The number of ether oxygens (including phenoxy) is 1. The summed E-state index contributed by atoms with van der Waals surface area (Å²) >= 11 is 13.6. The zero-order valence-electron chi connectivity index (χ0n) is 16.9. The third-order valence-corrected chi connectivity index (χ3v) is 6.37. The molecular formula is C24H19Cl2N3O2S. The molecule has 0 spiro atoms. The molecule has 0 bridgehead atoms. The molecule has 162 valence electrons. The van der Waals surface area contributed by atoms with Gasteiger partial charge in [-0.05, 0) is 47.9 Å². The number of halogens is 2. The lowest BCUT2D eigenvalue weighted by Crippen LogP contribution is -2.26. The van der Waals surface area contributed by atoms with Crippen molar-refractivity contribution in [3.05, 3.63) is 99.5 Å². The lowest BCUT2D eigenvalue weighted by Gasteiger charge is -2.08. The summed E-state index contributed by atoms with van der Waals surface area (Å²) in [6.45, 7) is 0.458. The Morgan fingerprint density at radius 2 is 1.81 bits per heavy atom. The highest BCUT2D eigenvalue weighted by atomic mass is 35.5. The van der Waals surface area contributed by atoms with Gasteiger partial charge in [0.25, 0.3) is 0 Å². The van der Waals surface area contributed by atoms with Crippen LogP contribution in [-0.2, 0) is 17.8 Å². The smallest absolute Gasteiger partial charge is 0.239 e. The molecule has 0 saturated carbocycles. The van der Waals surface area contributed by atoms with Crippen LogP contribution in [0, 0.1) is 0 Å². The Balaban J connectivity index is 1.40. The van der Waals surface area contributed by atoms with Crippen LogP contribution in [0.3, 0.4) is 0 Å². The van der Waals surface area contributed by atoms with Crippen molar-refractivity contribution in [2.24, 2.45) is 10.2 Å². The number of carbonyl (C=O) groups excluding carboxylic acids is 1. The van der Waals surface area contributed by atoms with Gasteiger partial charge in [0.15, 0.2) is 5.17 Å². The molecule has 1 unspecified atom stereocenters. The van der Waals surface area contributed by atoms with E-state index in [-0.39, 0.29) is 11.2 Å². The van der Waals surface area contributed by atoms with E-state index in [2.05, 4.69) is 15.5 Å². The predicted octanol–water partition coefficient (Wildman–Crippen LogP) is 5.74. The van der Waals surface area contributed by atoms with Gasteiger partial charge in [0.05, 0.1) is 11.5 Å². The first kappa shape index (κ1) is 22.4. The number of amides is 1. The van der Waals surface area contributed by atoms with Crippen LogP contribution in [-0.4, -0.2) is 22.5 Å². The lowest BCUT2D eigenvalue weighted by molar-refractivity contribution is -0.118. The number of amidine groups is 1. The summed E-state index contributed by atoms with van der Waals surface area (Å²) < 4.78 is 5.93. The molecule has 0 aliphatic carbocycles. The van der Waals surface area contributed by atoms with Gasteiger partial charge < -0.3 is 10.1 Å². The molecule has 1 amide bonds. The normalized spacial score (nSPS) is 17.1. The third kappa shape index (κ3) is 5.91. The number of rotatable bonds is 7. The minimum atomic E-state index is -0.346. The Labute approximate surface area is 200 Å². The average molecular weight is 484 g/mol. The molecule has 1 aliphatic heterocycles. The van der Waals surface area contributed by atoms with Crippen molar-refractivity contribution in [1.29, 1.82) is 0 Å². The minimum Gasteiger partial charge on any atom is -0.488 e. The number of nitrogens with one attached hydrogen (secondary N) is 1. The first-order valence-electron chi connectivity index (χ1n) is 9.87. The maximum atomic E-state index is 12.3. The van der Waals surface area contributed by atoms with Gasteiger partial charge in [0, 0.05) is 15.6 Å². The summed E-state index contributed by atoms with van der Waals surface area (Å²) in [7, 11) is 0. The lowest BCUT2D eigenvalue weighted by atomic mass is 10.1. The standard InChI is InChI=1S/C24H19Cl2N3O2S/c25-19-10-11-20(26)18(12-19)13-22-23(30)28-24(32-22)29-27-14-17-8-4-5-9-21(17)31-15-16-6-2-1-3-7-16/h1-12,14,22H,13,15H2,(H,28,29,30)/b27-14+. The second-order valence-corrected chi connectivity index (χ2v) is 9.03. The zero-order valence-corrected chi connectivity index (χ0v) is 19.2. The molecule has 32 heavy (non-hydrogen) atoms. The highest BCUT2D eigenvalue weighted by Gasteiger charge is 2.31. The van der Waals surface area contributed by atoms with Gasteiger partial charge in [-0.2, -0.15) is 5.10 Å². The van der Waals surface area contributed by atoms with E-state index >= 15 is 0 Å². The minimum absolute atomic E-state index is 0.133. The molecule has 1 saturated heterocycles. The molecular weight excluding hydrogens is 465 g/mol. The Morgan fingerprint density at radius 1 is 1.03 bits per heavy atom. The Bertz CT molecular complexity index is 1170. The van der Waals surface area contributed by atoms with E-state index in [1.165, 1.54) is 11.8 Å². The van der Waals surface area contributed by atoms with Gasteiger partial charge in [-0.15, -0.1) is 5.10 Å². The van der Waals surface area contributed by atoms with Crippen LogP contribution in [0.5, 0.6) is 5.75 Å². The Hall–Kier alpha value is -2.80. The fraction of sp³-hybridized carbons (Fsp3) is 0.125. The summed E-state index contributed by atoms with van der Waals surface area (Å²) in [4.78, 5) is 12.3. The molecule has 1 atom stereocenters. The van der Waals surface area contributed by atoms with Crippen LogP contribution in [0.15, 0.2) is 83.0 Å². The topological polar surface area (TPSA) is 63.0 Å². The van der Waals surface area contributed by atoms with Gasteiger partial charge in [0.2, 0.25) is 5.91 Å². The molecule has 0 radical (unpaired) electrons. The molecule has 1 fully saturated rings. The number of para-hydroxylation sites is 1. The maximum Gasteiger partial charge on any atom is 0.239 e. The molecule has 1 N–H and O–H groups in total. The van der Waals surface area contributed by atoms with E-state index < -0.39 is 0 Å². The summed E-state index contributed by atoms with van der Waals surface area (Å²) in [6.07, 6.45) is 2.07. The summed E-state index contributed by atoms with van der Waals surface area (Å²) in [5.41, 5.74) is 2.70. The molecule has 1 aliphatic rings. The molecule has 3 aromatic rings. The number of thioether (sulfide) groups is 1. The molecule has 1 heterocycles. The number of hydrogen-bond acceptors (Lipinski definition) is 5. The van der Waals surface area contributed by atoms with Crippen molar-refractivity contribution in [2.75, 3.05) is 0 Å². The third-order valence-electron chi connectivity index (χ3n) is 4.69. The molecule has 0 aromatic heterocycles. The number of carbonyl (C=O) groups is 1. The monoisotopic (exact) mass is 483 g/mol. The first-order valence-corrected chi connectivity index (χ1v) is 11.5. The molecule has 5 nitrogen and oxygen atoms in total. The quantitative estimate of drug-likeness (QED) is 0.344. The molecule has 3 aromatic carbocycles. The van der Waals surface area contributed by atoms with E-state index in [1.807, 2.05) is 54.6 Å². The van der Waals surface area contributed by atoms with Crippen molar-refractivity contribution in [3.8, 4) is 5.75 Å². The average Bonchev–Trinajstić information content (AvgIpc) is 3.15. The zero-order chi connectivity index (χ0) is 22.3. The number of nitrogens with zero attached hydrogens (tertiary/aromatic N) is 2. The van der Waals surface area contributed by atoms with E-state index in [9.17, 15) is 4.79 Å². The van der Waals surface area contributed by atoms with Crippen molar-refractivity contribution in [3.63, 3.8) is 0 Å². The molecule has 8 heteroatoms. The van der Waals surface area contributed by atoms with E-state index in [0.29, 0.717) is 34.0 Å².